The number of hydrogen-bond acceptors (Lipinski definition) is 14. The molecule has 1 aromatic heterocycles. The van der Waals surface area contributed by atoms with E-state index in [9.17, 15) is 14.4 Å². The fourth-order valence-electron chi connectivity index (χ4n) is 6.46. The Bertz CT molecular complexity index is 2020. The Morgan fingerprint density at radius 1 is 0.646 bits per heavy atom. The molecule has 0 saturated heterocycles. The number of unbranched alkanes of at least 4 members (excludes halogenated alkanes) is 1. The molecule has 1 heterocycles. The summed E-state index contributed by atoms with van der Waals surface area (Å²) < 4.78 is 67.1. The Morgan fingerprint density at radius 3 is 1.55 bits per heavy atom. The first-order valence-corrected chi connectivity index (χ1v) is 24.7. The van der Waals surface area contributed by atoms with E-state index >= 15 is 4.57 Å². The summed E-state index contributed by atoms with van der Waals surface area (Å²) in [7, 11) is -1.95. The van der Waals surface area contributed by atoms with Gasteiger partial charge in [-0.3, -0.25) is 9.59 Å². The van der Waals surface area contributed by atoms with Gasteiger partial charge in [-0.05, 0) is 42.9 Å². The van der Waals surface area contributed by atoms with Crippen molar-refractivity contribution >= 4 is 57.6 Å². The number of benzene rings is 3. The van der Waals surface area contributed by atoms with E-state index in [1.54, 1.807) is 23.8 Å². The van der Waals surface area contributed by atoms with Gasteiger partial charge in [0.05, 0.1) is 117 Å². The Balaban J connectivity index is 0.971. The highest BCUT2D eigenvalue weighted by molar-refractivity contribution is 7.99. The molecule has 4 rings (SSSR count). The lowest BCUT2D eigenvalue weighted by atomic mass is 10.2. The fraction of sp³-hybridized carbons (Fsp3) is 0.511. The van der Waals surface area contributed by atoms with Crippen LogP contribution in [0.25, 0.3) is 10.9 Å². The monoisotopic (exact) mass is 944 g/mol. The van der Waals surface area contributed by atoms with Crippen molar-refractivity contribution in [2.24, 2.45) is 0 Å². The molecule has 0 aliphatic rings. The first kappa shape index (κ1) is 53.5. The third-order valence-corrected chi connectivity index (χ3v) is 13.9. The van der Waals surface area contributed by atoms with Gasteiger partial charge in [0.25, 0.3) is 5.56 Å². The minimum absolute atomic E-state index is 0.230. The van der Waals surface area contributed by atoms with Gasteiger partial charge in [-0.2, -0.15) is 11.8 Å². The summed E-state index contributed by atoms with van der Waals surface area (Å²) in [5.74, 6) is 0.396. The quantitative estimate of drug-likeness (QED) is 0.0490. The highest BCUT2D eigenvalue weighted by atomic mass is 32.2. The maximum atomic E-state index is 15.2. The number of amides is 1. The van der Waals surface area contributed by atoms with Gasteiger partial charge >= 0.3 is 5.97 Å². The van der Waals surface area contributed by atoms with Gasteiger partial charge in [0, 0.05) is 41.8 Å². The summed E-state index contributed by atoms with van der Waals surface area (Å²) in [5.41, 5.74) is 0.366. The number of pyridine rings is 1. The molecule has 0 radical (unpaired) electrons. The molecule has 4 aromatic rings. The number of rotatable bonds is 37. The summed E-state index contributed by atoms with van der Waals surface area (Å²) in [6.45, 7) is 8.51. The normalized spacial score (nSPS) is 12.1. The summed E-state index contributed by atoms with van der Waals surface area (Å²) in [6, 6.07) is 24.7. The van der Waals surface area contributed by atoms with E-state index in [2.05, 4.69) is 5.32 Å². The van der Waals surface area contributed by atoms with E-state index in [1.807, 2.05) is 72.8 Å². The summed E-state index contributed by atoms with van der Waals surface area (Å²) in [6.07, 6.45) is 1.76. The number of fused-ring (bicyclic) bond motifs is 1. The molecule has 2 N–H and O–H groups in total. The van der Waals surface area contributed by atoms with Crippen molar-refractivity contribution < 1.29 is 61.9 Å². The van der Waals surface area contributed by atoms with Gasteiger partial charge < -0.3 is 62.2 Å². The van der Waals surface area contributed by atoms with Crippen LogP contribution in [-0.2, 0) is 58.6 Å². The smallest absolute Gasteiger partial charge is 0.327 e. The summed E-state index contributed by atoms with van der Waals surface area (Å²) >= 11 is 1.50. The maximum Gasteiger partial charge on any atom is 0.327 e. The molecule has 65 heavy (non-hydrogen) atoms. The number of thioether (sulfide) groups is 1. The second-order valence-corrected chi connectivity index (χ2v) is 18.3. The molecular formula is C47H65N2O14PS. The SMILES string of the molecule is COc1ccc2c(c1)cc(P(=O)(c1ccccc1)c1ccccc1)c(=O)n2CCOCCOCCOCCOCCOCCOCCOCCOCCCCSC[C@H](NC(C)=O)C(=O)O. The van der Waals surface area contributed by atoms with Crippen molar-refractivity contribution in [2.45, 2.75) is 32.4 Å². The number of carbonyl (C=O) groups is 2. The van der Waals surface area contributed by atoms with Crippen LogP contribution < -0.4 is 31.5 Å². The van der Waals surface area contributed by atoms with Crippen molar-refractivity contribution in [2.75, 3.05) is 124 Å². The van der Waals surface area contributed by atoms with Gasteiger partial charge in [0.2, 0.25) is 5.91 Å². The number of aromatic nitrogens is 1. The highest BCUT2D eigenvalue weighted by Gasteiger charge is 2.33. The molecule has 0 unspecified atom stereocenters. The Labute approximate surface area is 385 Å². The van der Waals surface area contributed by atoms with E-state index < -0.39 is 19.2 Å². The van der Waals surface area contributed by atoms with E-state index in [0.717, 1.165) is 24.0 Å². The van der Waals surface area contributed by atoms with Crippen molar-refractivity contribution in [3.05, 3.63) is 95.3 Å². The molecule has 0 aliphatic carbocycles. The van der Waals surface area contributed by atoms with Crippen LogP contribution in [0.2, 0.25) is 0 Å². The molecule has 0 fully saturated rings. The largest absolute Gasteiger partial charge is 0.497 e. The topological polar surface area (TPSA) is 189 Å². The van der Waals surface area contributed by atoms with Gasteiger partial charge in [-0.25, -0.2) is 4.79 Å². The van der Waals surface area contributed by atoms with Crippen LogP contribution >= 0.6 is 18.9 Å². The van der Waals surface area contributed by atoms with E-state index in [-0.39, 0.29) is 29.9 Å². The summed E-state index contributed by atoms with van der Waals surface area (Å²) in [5, 5.41) is 13.7. The van der Waals surface area contributed by atoms with Gasteiger partial charge in [0.15, 0.2) is 7.14 Å². The zero-order valence-electron chi connectivity index (χ0n) is 37.6. The van der Waals surface area contributed by atoms with Crippen LogP contribution in [0.5, 0.6) is 5.75 Å². The Hall–Kier alpha value is -4.13. The average Bonchev–Trinajstić information content (AvgIpc) is 3.32. The molecule has 18 heteroatoms. The first-order valence-electron chi connectivity index (χ1n) is 21.9. The fourth-order valence-corrected chi connectivity index (χ4v) is 10.2. The summed E-state index contributed by atoms with van der Waals surface area (Å²) in [4.78, 5) is 36.5. The van der Waals surface area contributed by atoms with Crippen LogP contribution in [-0.4, -0.2) is 152 Å². The molecular weight excluding hydrogens is 880 g/mol. The lowest BCUT2D eigenvalue weighted by Crippen LogP contribution is -2.41. The van der Waals surface area contributed by atoms with Crippen LogP contribution in [0.1, 0.15) is 19.8 Å². The number of carboxylic acid groups (broad SMARTS) is 1. The van der Waals surface area contributed by atoms with Crippen LogP contribution in [0.4, 0.5) is 0 Å². The number of methoxy groups -OCH3 is 1. The number of nitrogens with zero attached hydrogens (tertiary/aromatic N) is 1. The van der Waals surface area contributed by atoms with Crippen LogP contribution in [0.15, 0.2) is 89.7 Å². The highest BCUT2D eigenvalue weighted by Crippen LogP contribution is 2.41. The van der Waals surface area contributed by atoms with Crippen molar-refractivity contribution in [3.8, 4) is 5.75 Å². The molecule has 1 amide bonds. The zero-order chi connectivity index (χ0) is 46.4. The number of carbonyl (C=O) groups excluding carboxylic acids is 1. The van der Waals surface area contributed by atoms with Crippen LogP contribution in [0, 0.1) is 0 Å². The average molecular weight is 945 g/mol. The van der Waals surface area contributed by atoms with E-state index in [0.29, 0.717) is 127 Å². The molecule has 1 atom stereocenters. The second kappa shape index (κ2) is 31.7. The zero-order valence-corrected chi connectivity index (χ0v) is 39.3. The molecule has 0 bridgehead atoms. The van der Waals surface area contributed by atoms with Gasteiger partial charge in [-0.1, -0.05) is 60.7 Å². The van der Waals surface area contributed by atoms with Crippen molar-refractivity contribution in [1.29, 1.82) is 0 Å². The predicted molar refractivity (Wildman–Crippen MR) is 253 cm³/mol. The van der Waals surface area contributed by atoms with E-state index in [1.165, 1.54) is 18.7 Å². The lowest BCUT2D eigenvalue weighted by Gasteiger charge is -2.22. The minimum atomic E-state index is -3.54. The molecule has 358 valence electrons. The molecule has 0 aliphatic heterocycles. The predicted octanol–water partition coefficient (Wildman–Crippen LogP) is 3.89. The van der Waals surface area contributed by atoms with Crippen molar-refractivity contribution in [1.82, 2.24) is 9.88 Å². The van der Waals surface area contributed by atoms with Gasteiger partial charge in [0.1, 0.15) is 11.8 Å². The lowest BCUT2D eigenvalue weighted by molar-refractivity contribution is -0.140. The molecule has 0 spiro atoms. The molecule has 3 aromatic carbocycles. The number of hydrogen-bond donors (Lipinski definition) is 2. The number of ether oxygens (including phenoxy) is 9. The van der Waals surface area contributed by atoms with Gasteiger partial charge in [-0.15, -0.1) is 0 Å². The first-order chi connectivity index (χ1) is 31.8. The second-order valence-electron chi connectivity index (χ2n) is 14.5. The standard InChI is InChI=1S/C47H65N2O14PS/c1-38(50)48-43(47(52)53)37-65-34-10-9-18-56-20-22-58-24-26-60-28-30-62-32-33-63-31-29-61-27-25-59-23-21-57-19-17-49-44-16-15-40(55-2)35-39(44)36-45(46(49)51)64(54,41-11-5-3-6-12-41)42-13-7-4-8-14-42/h3-8,11-16,35-36,43H,9-10,17-34,37H2,1-2H3,(H,48,50)(H,52,53)/t43-/m0/s1. The maximum absolute atomic E-state index is 15.2. The Kier molecular flexibility index (Phi) is 26.1. The Morgan fingerprint density at radius 2 is 1.11 bits per heavy atom. The molecule has 0 saturated carbocycles. The number of aliphatic carboxylic acids is 1. The number of carboxylic acids is 1. The molecule has 16 nitrogen and oxygen atoms in total. The van der Waals surface area contributed by atoms with Crippen molar-refractivity contribution in [3.63, 3.8) is 0 Å². The van der Waals surface area contributed by atoms with E-state index in [4.69, 9.17) is 47.7 Å². The third kappa shape index (κ3) is 19.3. The number of nitrogens with one attached hydrogen (secondary N) is 1. The van der Waals surface area contributed by atoms with Crippen LogP contribution in [0.3, 0.4) is 0 Å². The third-order valence-electron chi connectivity index (χ3n) is 9.71. The minimum Gasteiger partial charge on any atom is -0.497 e.